The molecule has 0 aliphatic rings. The van der Waals surface area contributed by atoms with Crippen LogP contribution in [0.1, 0.15) is 19.5 Å². The van der Waals surface area contributed by atoms with Gasteiger partial charge in [0.2, 0.25) is 5.91 Å². The van der Waals surface area contributed by atoms with Crippen LogP contribution in [-0.4, -0.2) is 44.4 Å². The molecule has 2 aromatic heterocycles. The Bertz CT molecular complexity index is 617. The average Bonchev–Trinajstić information content (AvgIpc) is 2.86. The van der Waals surface area contributed by atoms with Crippen LogP contribution < -0.4 is 0 Å². The summed E-state index contributed by atoms with van der Waals surface area (Å²) in [5, 5.41) is 8.94. The van der Waals surface area contributed by atoms with Gasteiger partial charge in [-0.05, 0) is 19.1 Å². The summed E-state index contributed by atoms with van der Waals surface area (Å²) in [6, 6.07) is 5.66. The molecule has 6 heteroatoms. The van der Waals surface area contributed by atoms with Gasteiger partial charge >= 0.3 is 5.97 Å². The number of likely N-dealkylation sites (N-methyl/N-ethyl adjacent to an activating group) is 1. The molecule has 0 saturated carbocycles. The first-order valence-corrected chi connectivity index (χ1v) is 6.94. The molecule has 1 amide bonds. The number of aromatic nitrogens is 2. The number of pyridine rings is 1. The molecule has 0 fully saturated rings. The molecule has 21 heavy (non-hydrogen) atoms. The van der Waals surface area contributed by atoms with Crippen molar-refractivity contribution < 1.29 is 14.7 Å². The lowest BCUT2D eigenvalue weighted by molar-refractivity contribution is -0.142. The van der Waals surface area contributed by atoms with Crippen molar-refractivity contribution in [2.24, 2.45) is 5.92 Å². The highest BCUT2D eigenvalue weighted by atomic mass is 16.4. The van der Waals surface area contributed by atoms with Crippen molar-refractivity contribution in [2.75, 3.05) is 13.1 Å². The van der Waals surface area contributed by atoms with Gasteiger partial charge in [0.05, 0.1) is 18.0 Å². The zero-order valence-electron chi connectivity index (χ0n) is 12.2. The number of carbonyl (C=O) groups excluding carboxylic acids is 1. The quantitative estimate of drug-likeness (QED) is 0.873. The minimum Gasteiger partial charge on any atom is -0.481 e. The second-order valence-electron chi connectivity index (χ2n) is 5.05. The van der Waals surface area contributed by atoms with Crippen molar-refractivity contribution in [3.8, 4) is 0 Å². The topological polar surface area (TPSA) is 74.9 Å². The predicted molar refractivity (Wildman–Crippen MR) is 77.9 cm³/mol. The van der Waals surface area contributed by atoms with Crippen LogP contribution in [0.5, 0.6) is 0 Å². The van der Waals surface area contributed by atoms with E-state index in [1.807, 2.05) is 41.9 Å². The average molecular weight is 289 g/mol. The molecule has 1 unspecified atom stereocenters. The van der Waals surface area contributed by atoms with Crippen LogP contribution in [0, 0.1) is 5.92 Å². The lowest BCUT2D eigenvalue weighted by atomic mass is 10.1. The third-order valence-electron chi connectivity index (χ3n) is 3.40. The Morgan fingerprint density at radius 3 is 2.81 bits per heavy atom. The van der Waals surface area contributed by atoms with Gasteiger partial charge in [0.15, 0.2) is 0 Å². The number of carboxylic acids is 1. The molecule has 2 heterocycles. The van der Waals surface area contributed by atoms with Gasteiger partial charge in [-0.15, -0.1) is 0 Å². The van der Waals surface area contributed by atoms with Crippen LogP contribution in [0.3, 0.4) is 0 Å². The predicted octanol–water partition coefficient (Wildman–Crippen LogP) is 1.45. The molecular weight excluding hydrogens is 270 g/mol. The van der Waals surface area contributed by atoms with Crippen LogP contribution in [0.4, 0.5) is 0 Å². The molecule has 1 atom stereocenters. The highest BCUT2D eigenvalue weighted by Crippen LogP contribution is 2.08. The fourth-order valence-electron chi connectivity index (χ4n) is 2.16. The molecule has 1 N–H and O–H groups in total. The summed E-state index contributed by atoms with van der Waals surface area (Å²) in [7, 11) is 0. The maximum Gasteiger partial charge on any atom is 0.308 e. The Balaban J connectivity index is 2.06. The number of hydrogen-bond donors (Lipinski definition) is 1. The monoisotopic (exact) mass is 289 g/mol. The van der Waals surface area contributed by atoms with E-state index in [0.717, 1.165) is 5.65 Å². The van der Waals surface area contributed by atoms with Crippen molar-refractivity contribution in [3.05, 3.63) is 36.3 Å². The van der Waals surface area contributed by atoms with Crippen LogP contribution >= 0.6 is 0 Å². The fourth-order valence-corrected chi connectivity index (χ4v) is 2.16. The minimum absolute atomic E-state index is 0.103. The Morgan fingerprint density at radius 1 is 1.43 bits per heavy atom. The highest BCUT2D eigenvalue weighted by Gasteiger charge is 2.20. The summed E-state index contributed by atoms with van der Waals surface area (Å²) >= 11 is 0. The van der Waals surface area contributed by atoms with E-state index in [4.69, 9.17) is 5.11 Å². The summed E-state index contributed by atoms with van der Waals surface area (Å²) in [5.74, 6) is -1.57. The Morgan fingerprint density at radius 2 is 2.19 bits per heavy atom. The third kappa shape index (κ3) is 3.59. The number of rotatable bonds is 6. The Hall–Kier alpha value is -2.37. The zero-order valence-corrected chi connectivity index (χ0v) is 12.2. The number of fused-ring (bicyclic) bond motifs is 1. The normalized spacial score (nSPS) is 12.3. The first-order valence-electron chi connectivity index (χ1n) is 6.94. The second-order valence-corrected chi connectivity index (χ2v) is 5.05. The van der Waals surface area contributed by atoms with Gasteiger partial charge in [-0.3, -0.25) is 9.59 Å². The van der Waals surface area contributed by atoms with Gasteiger partial charge in [-0.25, -0.2) is 4.98 Å². The smallest absolute Gasteiger partial charge is 0.308 e. The number of carbonyl (C=O) groups is 2. The van der Waals surface area contributed by atoms with Gasteiger partial charge in [0.25, 0.3) is 0 Å². The molecule has 6 nitrogen and oxygen atoms in total. The number of nitrogens with zero attached hydrogens (tertiary/aromatic N) is 3. The van der Waals surface area contributed by atoms with Gasteiger partial charge in [0.1, 0.15) is 5.65 Å². The van der Waals surface area contributed by atoms with Crippen LogP contribution in [0.25, 0.3) is 5.65 Å². The fraction of sp³-hybridized carbons (Fsp3) is 0.400. The standard InChI is InChI=1S/C15H19N3O3/c1-3-17(9-11(2)15(20)21)14(19)8-12-10-18-7-5-4-6-13(18)16-12/h4-7,10-11H,3,8-9H2,1-2H3,(H,20,21). The summed E-state index contributed by atoms with van der Waals surface area (Å²) in [4.78, 5) is 29.1. The SMILES string of the molecule is CCN(CC(C)C(=O)O)C(=O)Cc1cn2ccccc2n1. The molecule has 0 aliphatic carbocycles. The van der Waals surface area contributed by atoms with Crippen molar-refractivity contribution in [2.45, 2.75) is 20.3 Å². The largest absolute Gasteiger partial charge is 0.481 e. The summed E-state index contributed by atoms with van der Waals surface area (Å²) in [6.07, 6.45) is 3.88. The van der Waals surface area contributed by atoms with E-state index in [0.29, 0.717) is 12.2 Å². The van der Waals surface area contributed by atoms with E-state index in [1.54, 1.807) is 11.8 Å². The van der Waals surface area contributed by atoms with Crippen molar-refractivity contribution in [1.29, 1.82) is 0 Å². The lowest BCUT2D eigenvalue weighted by Crippen LogP contribution is -2.37. The minimum atomic E-state index is -0.894. The molecule has 0 radical (unpaired) electrons. The number of imidazole rings is 1. The molecule has 2 aromatic rings. The summed E-state index contributed by atoms with van der Waals surface area (Å²) in [6.45, 7) is 4.15. The molecule has 112 valence electrons. The van der Waals surface area contributed by atoms with Gasteiger partial charge in [0, 0.05) is 25.5 Å². The molecule has 0 aliphatic heterocycles. The maximum atomic E-state index is 12.3. The molecule has 0 bridgehead atoms. The van der Waals surface area contributed by atoms with Crippen LogP contribution in [0.2, 0.25) is 0 Å². The molecule has 0 aromatic carbocycles. The number of aliphatic carboxylic acids is 1. The first-order chi connectivity index (χ1) is 10.0. The number of hydrogen-bond acceptors (Lipinski definition) is 3. The summed E-state index contributed by atoms with van der Waals surface area (Å²) in [5.41, 5.74) is 1.48. The number of amides is 1. The van der Waals surface area contributed by atoms with Crippen molar-refractivity contribution in [1.82, 2.24) is 14.3 Å². The van der Waals surface area contributed by atoms with E-state index >= 15 is 0 Å². The molecule has 0 spiro atoms. The van der Waals surface area contributed by atoms with Crippen LogP contribution in [0.15, 0.2) is 30.6 Å². The lowest BCUT2D eigenvalue weighted by Gasteiger charge is -2.22. The molecule has 0 saturated heterocycles. The van der Waals surface area contributed by atoms with Gasteiger partial charge in [-0.1, -0.05) is 13.0 Å². The number of carboxylic acid groups (broad SMARTS) is 1. The Labute approximate surface area is 123 Å². The van der Waals surface area contributed by atoms with E-state index < -0.39 is 11.9 Å². The van der Waals surface area contributed by atoms with Gasteiger partial charge in [-0.2, -0.15) is 0 Å². The first kappa shape index (κ1) is 15.0. The molecule has 2 rings (SSSR count). The molecular formula is C15H19N3O3. The summed E-state index contributed by atoms with van der Waals surface area (Å²) < 4.78 is 1.86. The maximum absolute atomic E-state index is 12.3. The van der Waals surface area contributed by atoms with Crippen molar-refractivity contribution >= 4 is 17.5 Å². The third-order valence-corrected chi connectivity index (χ3v) is 3.40. The van der Waals surface area contributed by atoms with Gasteiger partial charge < -0.3 is 14.4 Å². The van der Waals surface area contributed by atoms with E-state index in [9.17, 15) is 9.59 Å². The van der Waals surface area contributed by atoms with Crippen LogP contribution in [-0.2, 0) is 16.0 Å². The van der Waals surface area contributed by atoms with E-state index in [-0.39, 0.29) is 18.9 Å². The van der Waals surface area contributed by atoms with E-state index in [1.165, 1.54) is 0 Å². The Kier molecular flexibility index (Phi) is 4.57. The zero-order chi connectivity index (χ0) is 15.4. The van der Waals surface area contributed by atoms with E-state index in [2.05, 4.69) is 4.98 Å². The second kappa shape index (κ2) is 6.39. The van der Waals surface area contributed by atoms with Crippen molar-refractivity contribution in [3.63, 3.8) is 0 Å². The highest BCUT2D eigenvalue weighted by molar-refractivity contribution is 5.79.